The van der Waals surface area contributed by atoms with Gasteiger partial charge in [-0.1, -0.05) is 5.21 Å². The van der Waals surface area contributed by atoms with Gasteiger partial charge in [-0.15, -0.1) is 5.10 Å². The van der Waals surface area contributed by atoms with E-state index in [-0.39, 0.29) is 0 Å². The van der Waals surface area contributed by atoms with E-state index in [0.29, 0.717) is 0 Å². The highest BCUT2D eigenvalue weighted by atomic mass is 15.3. The fourth-order valence-corrected chi connectivity index (χ4v) is 0.167. The maximum atomic E-state index is 6.75. The van der Waals surface area contributed by atoms with Crippen molar-refractivity contribution in [2.75, 3.05) is 0 Å². The summed E-state index contributed by atoms with van der Waals surface area (Å²) in [6.07, 6.45) is 3.24. The van der Waals surface area contributed by atoms with Crippen LogP contribution in [0.25, 0.3) is 16.0 Å². The van der Waals surface area contributed by atoms with Gasteiger partial charge in [-0.2, -0.15) is 0 Å². The molecule has 42 valence electrons. The third kappa shape index (κ3) is 4.45. The highest BCUT2D eigenvalue weighted by Gasteiger charge is 1.57. The van der Waals surface area contributed by atoms with Crippen LogP contribution in [-0.4, -0.2) is 15.4 Å². The summed E-state index contributed by atoms with van der Waals surface area (Å²) in [6.45, 7) is 0. The van der Waals surface area contributed by atoms with E-state index in [9.17, 15) is 0 Å². The van der Waals surface area contributed by atoms with Gasteiger partial charge in [0.1, 0.15) is 0 Å². The van der Waals surface area contributed by atoms with Crippen LogP contribution in [0.3, 0.4) is 0 Å². The van der Waals surface area contributed by atoms with Crippen LogP contribution in [0.2, 0.25) is 0 Å². The van der Waals surface area contributed by atoms with Gasteiger partial charge in [0.25, 0.3) is 0 Å². The summed E-state index contributed by atoms with van der Waals surface area (Å²) < 4.78 is 0. The van der Waals surface area contributed by atoms with Crippen molar-refractivity contribution in [2.45, 2.75) is 0 Å². The van der Waals surface area contributed by atoms with E-state index in [1.807, 2.05) is 0 Å². The van der Waals surface area contributed by atoms with Crippen LogP contribution in [0.4, 0.5) is 0 Å². The van der Waals surface area contributed by atoms with Gasteiger partial charge in [-0.3, -0.25) is 10.0 Å². The maximum Gasteiger partial charge on any atom is 0.0690 e. The van der Waals surface area contributed by atoms with Crippen LogP contribution in [0.1, 0.15) is 0 Å². The monoisotopic (exact) mass is 111 g/mol. The minimum Gasteiger partial charge on any atom is -0.373 e. The molecular weight excluding hydrogens is 108 g/mol. The van der Waals surface area contributed by atoms with E-state index in [0.717, 1.165) is 0 Å². The minimum absolute atomic E-state index is 1.50. The molecule has 1 aromatic heterocycles. The van der Waals surface area contributed by atoms with Crippen LogP contribution in [0.15, 0.2) is 12.4 Å². The molecular formula is C2H3N6-. The smallest absolute Gasteiger partial charge is 0.0690 e. The summed E-state index contributed by atoms with van der Waals surface area (Å²) in [7, 11) is 0. The molecule has 0 amide bonds. The van der Waals surface area contributed by atoms with Crippen molar-refractivity contribution in [1.82, 2.24) is 15.4 Å². The van der Waals surface area contributed by atoms with Crippen molar-refractivity contribution in [2.24, 2.45) is 0 Å². The topological polar surface area (TPSA) is 100 Å². The molecule has 6 nitrogen and oxygen atoms in total. The fraction of sp³-hybridized carbons (Fsp3) is 0. The Labute approximate surface area is 44.9 Å². The fourth-order valence-electron chi connectivity index (χ4n) is 0.167. The number of nitrogens with one attached hydrogen (secondary N) is 1. The lowest BCUT2D eigenvalue weighted by Gasteiger charge is -1.46. The number of H-pyrrole nitrogens is 1. The molecule has 8 heavy (non-hydrogen) atoms. The molecule has 1 aromatic rings. The number of aromatic nitrogens is 3. The summed E-state index contributed by atoms with van der Waals surface area (Å²) in [5.74, 6) is 0. The molecule has 0 aliphatic carbocycles. The van der Waals surface area contributed by atoms with E-state index in [2.05, 4.69) is 15.4 Å². The van der Waals surface area contributed by atoms with Gasteiger partial charge in [0.15, 0.2) is 0 Å². The Kier molecular flexibility index (Phi) is 4.39. The van der Waals surface area contributed by atoms with Gasteiger partial charge in [-0.05, 0) is 0 Å². The van der Waals surface area contributed by atoms with Gasteiger partial charge in [0.05, 0.1) is 6.20 Å². The van der Waals surface area contributed by atoms with Gasteiger partial charge < -0.3 is 11.1 Å². The van der Waals surface area contributed by atoms with Crippen molar-refractivity contribution in [3.05, 3.63) is 28.4 Å². The van der Waals surface area contributed by atoms with Gasteiger partial charge >= 0.3 is 0 Å². The Morgan fingerprint density at radius 1 is 1.50 bits per heavy atom. The van der Waals surface area contributed by atoms with Crippen molar-refractivity contribution in [3.63, 3.8) is 0 Å². The molecule has 0 fully saturated rings. The molecule has 0 aliphatic heterocycles. The zero-order chi connectivity index (χ0) is 6.24. The molecule has 0 bridgehead atoms. The average Bonchev–Trinajstić information content (AvgIpc) is 2.17. The van der Waals surface area contributed by atoms with Crippen LogP contribution >= 0.6 is 0 Å². The first kappa shape index (κ1) is 6.45. The van der Waals surface area contributed by atoms with Gasteiger partial charge in [-0.25, -0.2) is 0 Å². The number of aromatic amines is 1. The summed E-state index contributed by atoms with van der Waals surface area (Å²) in [5, 5.41) is 9.26. The predicted molar refractivity (Wildman–Crippen MR) is 26.5 cm³/mol. The second kappa shape index (κ2) is 5.45. The molecule has 0 saturated heterocycles. The zero-order valence-electron chi connectivity index (χ0n) is 3.89. The first-order chi connectivity index (χ1) is 3.91. The Bertz CT molecular complexity index is 118. The standard InChI is InChI=1S/C2H3N3.N3/c1-2-4-5-3-1;1-3-2/h1-2H,(H,3,4,5);/q;-1. The quantitative estimate of drug-likeness (QED) is 0.302. The van der Waals surface area contributed by atoms with Crippen LogP contribution in [0.5, 0.6) is 0 Å². The van der Waals surface area contributed by atoms with Crippen LogP contribution < -0.4 is 0 Å². The van der Waals surface area contributed by atoms with Gasteiger partial charge in [0.2, 0.25) is 0 Å². The molecule has 6 heteroatoms. The predicted octanol–water partition coefficient (Wildman–Crippen LogP) is 0.671. The molecule has 1 heterocycles. The van der Waals surface area contributed by atoms with Crippen LogP contribution in [0, 0.1) is 0 Å². The first-order valence-electron chi connectivity index (χ1n) is 1.70. The third-order valence-electron chi connectivity index (χ3n) is 0.331. The Morgan fingerprint density at radius 2 is 2.12 bits per heavy atom. The van der Waals surface area contributed by atoms with E-state index >= 15 is 0 Å². The van der Waals surface area contributed by atoms with Crippen molar-refractivity contribution in [3.8, 4) is 0 Å². The zero-order valence-corrected chi connectivity index (χ0v) is 3.89. The Morgan fingerprint density at radius 3 is 2.25 bits per heavy atom. The molecule has 0 radical (unpaired) electrons. The lowest BCUT2D eigenvalue weighted by Crippen LogP contribution is -1.61. The van der Waals surface area contributed by atoms with E-state index < -0.39 is 0 Å². The van der Waals surface area contributed by atoms with Crippen molar-refractivity contribution >= 4 is 0 Å². The lowest BCUT2D eigenvalue weighted by atomic mass is 11.0. The van der Waals surface area contributed by atoms with Gasteiger partial charge in [0, 0.05) is 6.20 Å². The van der Waals surface area contributed by atoms with E-state index in [1.165, 1.54) is 4.91 Å². The molecule has 0 atom stereocenters. The normalized spacial score (nSPS) is 6.00. The second-order valence-corrected chi connectivity index (χ2v) is 0.750. The second-order valence-electron chi connectivity index (χ2n) is 0.750. The highest BCUT2D eigenvalue weighted by Crippen LogP contribution is 1.55. The minimum atomic E-state index is 1.50. The maximum absolute atomic E-state index is 6.75. The number of rotatable bonds is 0. The molecule has 0 aromatic carbocycles. The Balaban J connectivity index is 0.000000145. The SMILES string of the molecule is [N-]=[N+]=[N-].c1c[nH]nn1. The first-order valence-corrected chi connectivity index (χ1v) is 1.70. The van der Waals surface area contributed by atoms with Crippen molar-refractivity contribution in [1.29, 1.82) is 0 Å². The Hall–Kier alpha value is -1.55. The molecule has 1 rings (SSSR count). The van der Waals surface area contributed by atoms with Crippen LogP contribution in [-0.2, 0) is 0 Å². The largest absolute Gasteiger partial charge is 0.373 e. The summed E-state index contributed by atoms with van der Waals surface area (Å²) in [6, 6.07) is 0. The average molecular weight is 111 g/mol. The van der Waals surface area contributed by atoms with Crippen molar-refractivity contribution < 1.29 is 0 Å². The third-order valence-corrected chi connectivity index (χ3v) is 0.331. The summed E-state index contributed by atoms with van der Waals surface area (Å²) in [4.78, 5) is 1.50. The number of hydrogen-bond donors (Lipinski definition) is 1. The molecule has 1 N–H and O–H groups in total. The number of hydrogen-bond acceptors (Lipinski definition) is 2. The lowest BCUT2D eigenvalue weighted by molar-refractivity contribution is 0.940. The molecule has 0 spiro atoms. The van der Waals surface area contributed by atoms with E-state index in [1.54, 1.807) is 12.4 Å². The molecule has 0 aliphatic rings. The molecule has 0 unspecified atom stereocenters. The summed E-state index contributed by atoms with van der Waals surface area (Å²) >= 11 is 0. The summed E-state index contributed by atoms with van der Waals surface area (Å²) in [5.41, 5.74) is 13.5. The molecule has 0 saturated carbocycles. The number of nitrogens with zero attached hydrogens (tertiary/aromatic N) is 5. The van der Waals surface area contributed by atoms with E-state index in [4.69, 9.17) is 11.1 Å². The highest BCUT2D eigenvalue weighted by molar-refractivity contribution is 4.54.